The maximum absolute atomic E-state index is 14.5. The van der Waals surface area contributed by atoms with Crippen LogP contribution < -0.4 is 11.1 Å². The van der Waals surface area contributed by atoms with Crippen LogP contribution in [0.25, 0.3) is 0 Å². The number of aliphatic hydroxyl groups excluding tert-OH is 4. The number of aliphatic imine (C=N–C) groups is 1. The molecule has 6 aliphatic rings. The van der Waals surface area contributed by atoms with Crippen LogP contribution in [-0.4, -0.2) is 158 Å². The zero-order chi connectivity index (χ0) is 45.3. The highest BCUT2D eigenvalue weighted by molar-refractivity contribution is 8.76. The number of ether oxygens (including phenoxy) is 5. The predicted octanol–water partition coefficient (Wildman–Crippen LogP) is 1.77. The fourth-order valence-corrected chi connectivity index (χ4v) is 11.6. The number of allylic oxidation sites excluding steroid dienone is 2. The Hall–Kier alpha value is -3.15. The van der Waals surface area contributed by atoms with Gasteiger partial charge in [0.2, 0.25) is 12.1 Å². The molecule has 2 saturated carbocycles. The maximum atomic E-state index is 14.5. The summed E-state index contributed by atoms with van der Waals surface area (Å²) in [4.78, 5) is 33.6. The number of hydrogen-bond donors (Lipinski definition) is 9. The number of hydrogen-bond acceptors (Lipinski definition) is 17. The number of esters is 1. The number of nitrogens with two attached hydrogens (primary N) is 1. The summed E-state index contributed by atoms with van der Waals surface area (Å²) < 4.78 is 30.9. The lowest BCUT2D eigenvalue weighted by Gasteiger charge is -2.48. The van der Waals surface area contributed by atoms with Crippen LogP contribution in [0.4, 0.5) is 0 Å². The van der Waals surface area contributed by atoms with Gasteiger partial charge in [-0.05, 0) is 70.8 Å². The Morgan fingerprint density at radius 2 is 1.86 bits per heavy atom. The molecule has 63 heavy (non-hydrogen) atoms. The molecule has 0 aromatic carbocycles. The molecule has 0 radical (unpaired) electrons. The van der Waals surface area contributed by atoms with Gasteiger partial charge in [-0.15, -0.1) is 0 Å². The van der Waals surface area contributed by atoms with Crippen molar-refractivity contribution < 1.29 is 69.0 Å². The largest absolute Gasteiger partial charge is 0.478 e. The molecule has 0 amide bonds. The van der Waals surface area contributed by atoms with E-state index in [1.165, 1.54) is 12.5 Å². The van der Waals surface area contributed by atoms with Crippen molar-refractivity contribution >= 4 is 39.5 Å². The van der Waals surface area contributed by atoms with Crippen molar-refractivity contribution in [3.8, 4) is 0 Å². The first-order valence-corrected chi connectivity index (χ1v) is 24.4. The van der Waals surface area contributed by atoms with Crippen LogP contribution in [0.3, 0.4) is 0 Å². The van der Waals surface area contributed by atoms with Gasteiger partial charge in [0.05, 0.1) is 54.4 Å². The summed E-state index contributed by atoms with van der Waals surface area (Å²) in [5, 5.41) is 76.9. The van der Waals surface area contributed by atoms with Gasteiger partial charge in [0.25, 0.3) is 0 Å². The molecule has 10 atom stereocenters. The van der Waals surface area contributed by atoms with Crippen LogP contribution >= 0.6 is 21.6 Å². The Morgan fingerprint density at radius 3 is 2.56 bits per heavy atom. The zero-order valence-corrected chi connectivity index (χ0v) is 37.5. The van der Waals surface area contributed by atoms with E-state index in [2.05, 4.69) is 10.3 Å². The molecule has 2 bridgehead atoms. The SMILES string of the molecule is CC(C)O[C@H]1[C@H](O[C@@H]2OC=C3C(=O)O[C@H]4CCC[C@H]4CSSC[C@@H](CO)N4C=C(C(=O)O)C(NC(N)=NCCCO)=C(/C=C/[C@H]3[C@H]2C=C2CCCCC2)C4)O[C@H](CO)[C@@H](O)C1(O)O. The second-order valence-corrected chi connectivity index (χ2v) is 19.6. The summed E-state index contributed by atoms with van der Waals surface area (Å²) >= 11 is 0. The first-order chi connectivity index (χ1) is 30.2. The highest BCUT2D eigenvalue weighted by atomic mass is 33.1. The molecule has 3 fully saturated rings. The number of aliphatic hydroxyl groups is 6. The number of aliphatic carboxylic acids is 1. The van der Waals surface area contributed by atoms with Crippen LogP contribution in [0.2, 0.25) is 0 Å². The Kier molecular flexibility index (Phi) is 17.9. The summed E-state index contributed by atoms with van der Waals surface area (Å²) in [6.07, 6.45) is 6.58. The monoisotopic (exact) mass is 924 g/mol. The lowest BCUT2D eigenvalue weighted by molar-refractivity contribution is -0.413. The number of fused-ring (bicyclic) bond motifs is 4. The zero-order valence-electron chi connectivity index (χ0n) is 35.8. The topological polar surface area (TPSA) is 276 Å². The van der Waals surface area contributed by atoms with Gasteiger partial charge in [0.15, 0.2) is 18.4 Å². The third-order valence-corrected chi connectivity index (χ3v) is 14.8. The average Bonchev–Trinajstić information content (AvgIpc) is 3.70. The molecule has 0 unspecified atom stereocenters. The van der Waals surface area contributed by atoms with Crippen LogP contribution in [0.1, 0.15) is 71.6 Å². The Labute approximate surface area is 375 Å². The molecular formula is C43H64N4O14S2. The van der Waals surface area contributed by atoms with E-state index in [-0.39, 0.29) is 61.1 Å². The van der Waals surface area contributed by atoms with Crippen molar-refractivity contribution in [1.29, 1.82) is 0 Å². The second kappa shape index (κ2) is 22.8. The number of carboxylic acid groups (broad SMARTS) is 1. The minimum atomic E-state index is -2.92. The van der Waals surface area contributed by atoms with Crippen molar-refractivity contribution in [2.24, 2.45) is 28.5 Å². The van der Waals surface area contributed by atoms with Crippen LogP contribution in [0.15, 0.2) is 63.7 Å². The van der Waals surface area contributed by atoms with Crippen LogP contribution in [0.5, 0.6) is 0 Å². The lowest BCUT2D eigenvalue weighted by atomic mass is 9.80. The summed E-state index contributed by atoms with van der Waals surface area (Å²) in [5.41, 5.74) is 7.98. The van der Waals surface area contributed by atoms with Crippen molar-refractivity contribution in [3.63, 3.8) is 0 Å². The van der Waals surface area contributed by atoms with Gasteiger partial charge in [0.1, 0.15) is 18.3 Å². The minimum absolute atomic E-state index is 0.0757. The number of carbonyl (C=O) groups is 2. The fourth-order valence-electron chi connectivity index (χ4n) is 8.78. The smallest absolute Gasteiger partial charge is 0.339 e. The maximum Gasteiger partial charge on any atom is 0.339 e. The predicted molar refractivity (Wildman–Crippen MR) is 234 cm³/mol. The number of rotatable bonds is 12. The first-order valence-electron chi connectivity index (χ1n) is 21.9. The van der Waals surface area contributed by atoms with Gasteiger partial charge in [-0.25, -0.2) is 9.59 Å². The van der Waals surface area contributed by atoms with E-state index in [9.17, 15) is 45.3 Å². The molecular weight excluding hydrogens is 861 g/mol. The number of nitrogens with zero attached hydrogens (tertiary/aromatic N) is 2. The van der Waals surface area contributed by atoms with E-state index in [1.54, 1.807) is 52.5 Å². The molecule has 4 aliphatic heterocycles. The molecule has 4 heterocycles. The van der Waals surface area contributed by atoms with E-state index in [0.717, 1.165) is 50.5 Å². The molecule has 0 aromatic rings. The van der Waals surface area contributed by atoms with E-state index in [4.69, 9.17) is 29.4 Å². The van der Waals surface area contributed by atoms with Gasteiger partial charge in [-0.2, -0.15) is 0 Å². The molecule has 6 rings (SSSR count). The first kappa shape index (κ1) is 49.3. The standard InChI is InChI=1S/C43H64N4O14S2/c1-24(2)58-37-41(60-34(20-50)36(51)43(37,55)56)61-40-30(16-25-8-4-3-5-9-25)29-13-12-26-17-47(18-31(38(52)53)35(26)46-42(44)45-14-7-15-48)28(19-49)23-63-62-22-27-10-6-11-33(27)59-39(54)32(29)21-57-40/h12-13,16,18,21,24,27-30,33-34,36-37,40-41,48-51,55-56H,3-11,14-15,17,19-20,22-23H2,1-2H3,(H,52,53)(H3,44,45,46)/b13-12+/t27-,28+,29-,30+,33-,34+,36+,37-,40-,41-/m0/s1. The number of nitrogens with one attached hydrogen (secondary N) is 1. The van der Waals surface area contributed by atoms with Gasteiger partial charge >= 0.3 is 11.9 Å². The third-order valence-electron chi connectivity index (χ3n) is 12.2. The third kappa shape index (κ3) is 12.2. The summed E-state index contributed by atoms with van der Waals surface area (Å²) in [6.45, 7) is 2.49. The van der Waals surface area contributed by atoms with Gasteiger partial charge in [0, 0.05) is 49.2 Å². The van der Waals surface area contributed by atoms with Crippen molar-refractivity contribution in [2.75, 3.05) is 44.4 Å². The number of guanidine groups is 1. The molecule has 1 saturated heterocycles. The highest BCUT2D eigenvalue weighted by Crippen LogP contribution is 2.42. The Balaban J connectivity index is 1.49. The second-order valence-electron chi connectivity index (χ2n) is 17.1. The molecule has 20 heteroatoms. The average molecular weight is 925 g/mol. The Morgan fingerprint density at radius 1 is 1.10 bits per heavy atom. The van der Waals surface area contributed by atoms with Gasteiger partial charge in [-0.3, -0.25) is 4.99 Å². The molecule has 0 spiro atoms. The van der Waals surface area contributed by atoms with Crippen LogP contribution in [-0.2, 0) is 33.3 Å². The van der Waals surface area contributed by atoms with Gasteiger partial charge < -0.3 is 75.4 Å². The summed E-state index contributed by atoms with van der Waals surface area (Å²) in [6, 6.07) is -0.467. The molecule has 10 N–H and O–H groups in total. The number of carboxylic acids is 1. The minimum Gasteiger partial charge on any atom is -0.478 e. The molecule has 352 valence electrons. The van der Waals surface area contributed by atoms with Gasteiger partial charge in [-0.1, -0.05) is 51.8 Å². The number of carbonyl (C=O) groups excluding carboxylic acids is 1. The molecule has 0 aromatic heterocycles. The quantitative estimate of drug-likeness (QED) is 0.0257. The van der Waals surface area contributed by atoms with E-state index in [1.807, 2.05) is 6.08 Å². The van der Waals surface area contributed by atoms with Crippen LogP contribution in [0, 0.1) is 17.8 Å². The lowest BCUT2D eigenvalue weighted by Crippen LogP contribution is -2.69. The van der Waals surface area contributed by atoms with Crippen molar-refractivity contribution in [1.82, 2.24) is 10.2 Å². The fraction of sp³-hybridized carbons (Fsp3) is 0.698. The van der Waals surface area contributed by atoms with E-state index >= 15 is 0 Å². The summed E-state index contributed by atoms with van der Waals surface area (Å²) in [5.74, 6) is -5.26. The van der Waals surface area contributed by atoms with Crippen molar-refractivity contribution in [2.45, 2.75) is 127 Å². The summed E-state index contributed by atoms with van der Waals surface area (Å²) in [7, 11) is 3.18. The highest BCUT2D eigenvalue weighted by Gasteiger charge is 2.57. The van der Waals surface area contributed by atoms with E-state index < -0.39 is 79.2 Å². The van der Waals surface area contributed by atoms with Crippen molar-refractivity contribution in [3.05, 3.63) is 58.7 Å². The van der Waals surface area contributed by atoms with E-state index in [0.29, 0.717) is 29.9 Å². The molecule has 18 nitrogen and oxygen atoms in total. The molecule has 2 aliphatic carbocycles. The normalized spacial score (nSPS) is 33.7. The Bertz CT molecular complexity index is 1780.